The smallest absolute Gasteiger partial charge is 0.311 e. The molecule has 304 valence electrons. The van der Waals surface area contributed by atoms with E-state index in [1.807, 2.05) is 6.08 Å². The van der Waals surface area contributed by atoms with Gasteiger partial charge in [-0.1, -0.05) is 156 Å². The van der Waals surface area contributed by atoms with Crippen molar-refractivity contribution < 1.29 is 19.1 Å². The van der Waals surface area contributed by atoms with Crippen LogP contribution in [0.2, 0.25) is 0 Å². The van der Waals surface area contributed by atoms with E-state index in [0.29, 0.717) is 5.41 Å². The molecule has 53 heavy (non-hydrogen) atoms. The molecule has 4 nitrogen and oxygen atoms in total. The van der Waals surface area contributed by atoms with E-state index in [2.05, 4.69) is 47.6 Å². The fourth-order valence-corrected chi connectivity index (χ4v) is 11.9. The second kappa shape index (κ2) is 22.8. The summed E-state index contributed by atoms with van der Waals surface area (Å²) in [7, 11) is 0. The molecule has 0 spiro atoms. The molecule has 0 radical (unpaired) electrons. The molecule has 0 aromatic carbocycles. The number of hydrogen-bond donors (Lipinski definition) is 0. The summed E-state index contributed by atoms with van der Waals surface area (Å²) in [5.41, 5.74) is 2.30. The highest BCUT2D eigenvalue weighted by molar-refractivity contribution is 5.78. The van der Waals surface area contributed by atoms with Crippen molar-refractivity contribution in [2.75, 3.05) is 0 Å². The molecule has 3 fully saturated rings. The van der Waals surface area contributed by atoms with Gasteiger partial charge in [-0.3, -0.25) is 9.59 Å². The lowest BCUT2D eigenvalue weighted by atomic mass is 9.47. The SMILES string of the molecule is CCCCCCCCCCCCCCCCC=COC(=O)CCC(=O)O[C@H]1CC[C@@]2(C)C(=CC[C@H]3[C@@H]4CC[C@H]([C@H](C)CCCC(C)C)[C@@]4(C)CC[C@@H]32)C1. The van der Waals surface area contributed by atoms with Crippen LogP contribution in [0.15, 0.2) is 24.0 Å². The molecule has 0 aromatic heterocycles. The highest BCUT2D eigenvalue weighted by atomic mass is 16.5. The second-order valence-corrected chi connectivity index (χ2v) is 19.4. The van der Waals surface area contributed by atoms with Crippen molar-refractivity contribution in [1.29, 1.82) is 0 Å². The molecule has 0 unspecified atom stereocenters. The zero-order valence-corrected chi connectivity index (χ0v) is 35.7. The molecule has 8 atom stereocenters. The Labute approximate surface area is 327 Å². The number of fused-ring (bicyclic) bond motifs is 5. The minimum Gasteiger partial charge on any atom is -0.462 e. The molecular weight excluding hydrogens is 653 g/mol. The van der Waals surface area contributed by atoms with Crippen molar-refractivity contribution in [3.05, 3.63) is 24.0 Å². The fraction of sp³-hybridized carbons (Fsp3) is 0.878. The third-order valence-corrected chi connectivity index (χ3v) is 15.1. The van der Waals surface area contributed by atoms with Crippen LogP contribution in [-0.4, -0.2) is 18.0 Å². The zero-order chi connectivity index (χ0) is 38.1. The van der Waals surface area contributed by atoms with Gasteiger partial charge >= 0.3 is 11.9 Å². The van der Waals surface area contributed by atoms with Gasteiger partial charge in [-0.05, 0) is 110 Å². The van der Waals surface area contributed by atoms with Gasteiger partial charge in [0.2, 0.25) is 0 Å². The maximum atomic E-state index is 12.8. The Balaban J connectivity index is 1.06. The quantitative estimate of drug-likeness (QED) is 0.0405. The number of rotatable bonds is 25. The Hall–Kier alpha value is -1.58. The predicted octanol–water partition coefficient (Wildman–Crippen LogP) is 14.6. The van der Waals surface area contributed by atoms with Gasteiger partial charge in [0.25, 0.3) is 0 Å². The maximum Gasteiger partial charge on any atom is 0.311 e. The first-order chi connectivity index (χ1) is 25.6. The summed E-state index contributed by atoms with van der Waals surface area (Å²) >= 11 is 0. The molecule has 0 heterocycles. The summed E-state index contributed by atoms with van der Waals surface area (Å²) < 4.78 is 11.3. The van der Waals surface area contributed by atoms with E-state index in [1.54, 1.807) is 5.57 Å². The monoisotopic (exact) mass is 737 g/mol. The van der Waals surface area contributed by atoms with Crippen molar-refractivity contribution in [2.24, 2.45) is 46.3 Å². The molecule has 0 aromatic rings. The van der Waals surface area contributed by atoms with Crippen LogP contribution < -0.4 is 0 Å². The predicted molar refractivity (Wildman–Crippen MR) is 222 cm³/mol. The topological polar surface area (TPSA) is 52.6 Å². The van der Waals surface area contributed by atoms with Gasteiger partial charge in [-0.25, -0.2) is 0 Å². The van der Waals surface area contributed by atoms with Gasteiger partial charge in [0.1, 0.15) is 6.10 Å². The van der Waals surface area contributed by atoms with Crippen molar-refractivity contribution >= 4 is 11.9 Å². The molecule has 0 bridgehead atoms. The van der Waals surface area contributed by atoms with Crippen LogP contribution in [0.3, 0.4) is 0 Å². The molecule has 4 aliphatic rings. The third kappa shape index (κ3) is 13.3. The second-order valence-electron chi connectivity index (χ2n) is 19.4. The largest absolute Gasteiger partial charge is 0.462 e. The Bertz CT molecular complexity index is 1140. The Morgan fingerprint density at radius 3 is 2.06 bits per heavy atom. The lowest BCUT2D eigenvalue weighted by Crippen LogP contribution is -2.51. The average Bonchev–Trinajstić information content (AvgIpc) is 3.49. The minimum atomic E-state index is -0.347. The Morgan fingerprint density at radius 2 is 1.40 bits per heavy atom. The summed E-state index contributed by atoms with van der Waals surface area (Å²) in [5.74, 6) is 4.39. The first-order valence-electron chi connectivity index (χ1n) is 23.3. The molecule has 0 saturated heterocycles. The van der Waals surface area contributed by atoms with E-state index in [1.165, 1.54) is 141 Å². The normalized spacial score (nSPS) is 30.1. The average molecular weight is 737 g/mol. The van der Waals surface area contributed by atoms with Gasteiger partial charge in [-0.15, -0.1) is 0 Å². The molecule has 3 saturated carbocycles. The number of carbonyl (C=O) groups excluding carboxylic acids is 2. The van der Waals surface area contributed by atoms with Gasteiger partial charge in [0.15, 0.2) is 0 Å². The number of ether oxygens (including phenoxy) is 2. The van der Waals surface area contributed by atoms with Crippen LogP contribution in [-0.2, 0) is 19.1 Å². The zero-order valence-electron chi connectivity index (χ0n) is 35.7. The van der Waals surface area contributed by atoms with Crippen molar-refractivity contribution in [3.8, 4) is 0 Å². The van der Waals surface area contributed by atoms with Crippen LogP contribution in [0.4, 0.5) is 0 Å². The molecule has 0 aliphatic heterocycles. The summed E-state index contributed by atoms with van der Waals surface area (Å²) in [4.78, 5) is 25.1. The maximum absolute atomic E-state index is 12.8. The van der Waals surface area contributed by atoms with Crippen molar-refractivity contribution in [2.45, 2.75) is 227 Å². The van der Waals surface area contributed by atoms with Crippen molar-refractivity contribution in [3.63, 3.8) is 0 Å². The van der Waals surface area contributed by atoms with E-state index in [-0.39, 0.29) is 36.3 Å². The number of allylic oxidation sites excluding steroid dienone is 2. The fourth-order valence-electron chi connectivity index (χ4n) is 11.9. The number of carbonyl (C=O) groups is 2. The summed E-state index contributed by atoms with van der Waals surface area (Å²) in [5, 5.41) is 0. The van der Waals surface area contributed by atoms with E-state index >= 15 is 0 Å². The van der Waals surface area contributed by atoms with E-state index in [0.717, 1.165) is 67.6 Å². The van der Waals surface area contributed by atoms with Gasteiger partial charge in [0, 0.05) is 6.42 Å². The van der Waals surface area contributed by atoms with Gasteiger partial charge < -0.3 is 9.47 Å². The van der Waals surface area contributed by atoms with E-state index < -0.39 is 0 Å². The molecule has 4 rings (SSSR count). The summed E-state index contributed by atoms with van der Waals surface area (Å²) in [6, 6.07) is 0. The molecular formula is C49H84O4. The third-order valence-electron chi connectivity index (χ3n) is 15.1. The van der Waals surface area contributed by atoms with Gasteiger partial charge in [-0.2, -0.15) is 0 Å². The van der Waals surface area contributed by atoms with Crippen LogP contribution in [0, 0.1) is 46.3 Å². The van der Waals surface area contributed by atoms with Gasteiger partial charge in [0.05, 0.1) is 19.1 Å². The first-order valence-corrected chi connectivity index (χ1v) is 23.3. The Morgan fingerprint density at radius 1 is 0.755 bits per heavy atom. The molecule has 0 amide bonds. The first kappa shape index (κ1) is 44.1. The highest BCUT2D eigenvalue weighted by Crippen LogP contribution is 2.67. The van der Waals surface area contributed by atoms with Crippen LogP contribution in [0.5, 0.6) is 0 Å². The molecule has 4 aliphatic carbocycles. The van der Waals surface area contributed by atoms with E-state index in [4.69, 9.17) is 9.47 Å². The summed E-state index contributed by atoms with van der Waals surface area (Å²) in [6.07, 6.45) is 40.0. The van der Waals surface area contributed by atoms with Crippen LogP contribution >= 0.6 is 0 Å². The lowest BCUT2D eigenvalue weighted by Gasteiger charge is -2.58. The van der Waals surface area contributed by atoms with Crippen LogP contribution in [0.25, 0.3) is 0 Å². The number of esters is 2. The number of unbranched alkanes of at least 4 members (excludes halogenated alkanes) is 14. The Kier molecular flexibility index (Phi) is 19.0. The van der Waals surface area contributed by atoms with Crippen LogP contribution in [0.1, 0.15) is 221 Å². The molecule has 0 N–H and O–H groups in total. The lowest BCUT2D eigenvalue weighted by molar-refractivity contribution is -0.154. The van der Waals surface area contributed by atoms with Crippen molar-refractivity contribution in [1.82, 2.24) is 0 Å². The highest BCUT2D eigenvalue weighted by Gasteiger charge is 2.59. The standard InChI is InChI=1S/C49H84O4/c1-7-8-9-10-11-12-13-14-15-16-17-18-19-20-21-22-36-52-46(50)30-31-47(51)53-41-32-34-48(5)40(37-41)26-27-42-44-29-28-43(39(4)25-23-24-38(2)3)49(44,6)35-33-45(42)48/h22,26,36,38-39,41-45H,7-21,23-25,27-35,37H2,1-6H3/t39-,41+,42+,43-,44+,45+,48+,49-/m1/s1. The number of hydrogen-bond acceptors (Lipinski definition) is 4. The molecule has 4 heteroatoms. The van der Waals surface area contributed by atoms with E-state index in [9.17, 15) is 9.59 Å². The summed E-state index contributed by atoms with van der Waals surface area (Å²) in [6.45, 7) is 14.8. The minimum absolute atomic E-state index is 0.0594.